The maximum atomic E-state index is 6.40. The Kier molecular flexibility index (Phi) is 5.72. The number of rotatable bonds is 6. The van der Waals surface area contributed by atoms with Crippen molar-refractivity contribution in [2.75, 3.05) is 5.88 Å². The van der Waals surface area contributed by atoms with Crippen molar-refractivity contribution in [2.45, 2.75) is 40.2 Å². The van der Waals surface area contributed by atoms with Gasteiger partial charge >= 0.3 is 0 Å². The van der Waals surface area contributed by atoms with Crippen molar-refractivity contribution in [2.24, 2.45) is 5.92 Å². The molecule has 2 aromatic rings. The first-order valence-corrected chi connectivity index (χ1v) is 8.30. The molecule has 0 fully saturated rings. The Morgan fingerprint density at radius 1 is 1.19 bits per heavy atom. The first kappa shape index (κ1) is 16.4. The molecular weight excluding hydrogens is 303 g/mol. The molecule has 21 heavy (non-hydrogen) atoms. The fraction of sp³-hybridized carbons (Fsp3) is 0.471. The summed E-state index contributed by atoms with van der Waals surface area (Å²) in [5.41, 5.74) is 4.69. The highest BCUT2D eigenvalue weighted by Crippen LogP contribution is 2.25. The van der Waals surface area contributed by atoms with Gasteiger partial charge in [-0.15, -0.1) is 11.6 Å². The maximum Gasteiger partial charge on any atom is 0.0847 e. The van der Waals surface area contributed by atoms with Gasteiger partial charge in [-0.2, -0.15) is 5.10 Å². The van der Waals surface area contributed by atoms with E-state index in [1.54, 1.807) is 0 Å². The molecule has 0 spiro atoms. The molecule has 0 aliphatic heterocycles. The number of aryl methyl sites for hydroxylation is 3. The van der Waals surface area contributed by atoms with Crippen LogP contribution in [0.1, 0.15) is 29.4 Å². The molecule has 4 heteroatoms. The van der Waals surface area contributed by atoms with Gasteiger partial charge in [-0.25, -0.2) is 0 Å². The van der Waals surface area contributed by atoms with Crippen LogP contribution in [0.15, 0.2) is 24.3 Å². The van der Waals surface area contributed by atoms with Gasteiger partial charge in [-0.3, -0.25) is 4.68 Å². The normalized spacial score (nSPS) is 12.6. The first-order valence-electron chi connectivity index (χ1n) is 7.39. The highest BCUT2D eigenvalue weighted by atomic mass is 35.5. The molecule has 0 amide bonds. The Hall–Kier alpha value is -0.990. The average molecular weight is 325 g/mol. The SMILES string of the molecule is CCn1nc(C)c(Cl)c1CC(CCl)Cc1ccccc1C. The van der Waals surface area contributed by atoms with Crippen LogP contribution in [0.2, 0.25) is 5.02 Å². The topological polar surface area (TPSA) is 17.8 Å². The van der Waals surface area contributed by atoms with Crippen molar-refractivity contribution in [3.05, 3.63) is 51.8 Å². The lowest BCUT2D eigenvalue weighted by Crippen LogP contribution is -2.14. The van der Waals surface area contributed by atoms with Crippen molar-refractivity contribution in [3.8, 4) is 0 Å². The minimum Gasteiger partial charge on any atom is -0.268 e. The van der Waals surface area contributed by atoms with Gasteiger partial charge in [0, 0.05) is 12.4 Å². The zero-order valence-electron chi connectivity index (χ0n) is 12.9. The molecule has 0 saturated heterocycles. The number of aromatic nitrogens is 2. The Morgan fingerprint density at radius 2 is 1.90 bits per heavy atom. The van der Waals surface area contributed by atoms with E-state index in [1.165, 1.54) is 11.1 Å². The molecule has 0 radical (unpaired) electrons. The minimum absolute atomic E-state index is 0.367. The lowest BCUT2D eigenvalue weighted by molar-refractivity contribution is 0.531. The van der Waals surface area contributed by atoms with E-state index in [0.717, 1.165) is 35.8 Å². The minimum atomic E-state index is 0.367. The molecule has 0 aliphatic carbocycles. The predicted molar refractivity (Wildman–Crippen MR) is 90.4 cm³/mol. The monoisotopic (exact) mass is 324 g/mol. The quantitative estimate of drug-likeness (QED) is 0.697. The van der Waals surface area contributed by atoms with Crippen molar-refractivity contribution in [3.63, 3.8) is 0 Å². The number of nitrogens with zero attached hydrogens (tertiary/aromatic N) is 2. The van der Waals surface area contributed by atoms with Gasteiger partial charge in [-0.05, 0) is 50.7 Å². The zero-order chi connectivity index (χ0) is 15.4. The van der Waals surface area contributed by atoms with E-state index in [4.69, 9.17) is 23.2 Å². The highest BCUT2D eigenvalue weighted by Gasteiger charge is 2.18. The van der Waals surface area contributed by atoms with Gasteiger partial charge in [0.05, 0.1) is 16.4 Å². The summed E-state index contributed by atoms with van der Waals surface area (Å²) in [6.45, 7) is 7.02. The molecule has 114 valence electrons. The van der Waals surface area contributed by atoms with E-state index in [9.17, 15) is 0 Å². The van der Waals surface area contributed by atoms with Crippen LogP contribution < -0.4 is 0 Å². The van der Waals surface area contributed by atoms with Crippen molar-refractivity contribution < 1.29 is 0 Å². The summed E-state index contributed by atoms with van der Waals surface area (Å²) in [6, 6.07) is 8.48. The van der Waals surface area contributed by atoms with Crippen LogP contribution in [0.5, 0.6) is 0 Å². The van der Waals surface area contributed by atoms with Gasteiger partial charge in [0.25, 0.3) is 0 Å². The molecule has 2 rings (SSSR count). The molecule has 1 aromatic heterocycles. The number of hydrogen-bond donors (Lipinski definition) is 0. The molecule has 0 N–H and O–H groups in total. The molecule has 1 atom stereocenters. The molecule has 1 aromatic carbocycles. The summed E-state index contributed by atoms with van der Waals surface area (Å²) in [5, 5.41) is 5.27. The second kappa shape index (κ2) is 7.33. The number of hydrogen-bond acceptors (Lipinski definition) is 1. The van der Waals surface area contributed by atoms with Crippen LogP contribution in [-0.2, 0) is 19.4 Å². The Bertz CT molecular complexity index is 605. The molecule has 1 heterocycles. The highest BCUT2D eigenvalue weighted by molar-refractivity contribution is 6.31. The fourth-order valence-electron chi connectivity index (χ4n) is 2.67. The van der Waals surface area contributed by atoms with Crippen molar-refractivity contribution in [1.29, 1.82) is 0 Å². The molecule has 0 saturated carbocycles. The lowest BCUT2D eigenvalue weighted by atomic mass is 9.94. The van der Waals surface area contributed by atoms with Crippen LogP contribution in [0.3, 0.4) is 0 Å². The summed E-state index contributed by atoms with van der Waals surface area (Å²) in [4.78, 5) is 0. The van der Waals surface area contributed by atoms with Gasteiger partial charge in [0.15, 0.2) is 0 Å². The average Bonchev–Trinajstić information content (AvgIpc) is 2.76. The molecule has 0 aliphatic rings. The second-order valence-corrected chi connectivity index (χ2v) is 6.20. The third kappa shape index (κ3) is 3.81. The lowest BCUT2D eigenvalue weighted by Gasteiger charge is -2.16. The van der Waals surface area contributed by atoms with Gasteiger partial charge in [0.1, 0.15) is 0 Å². The van der Waals surface area contributed by atoms with Crippen LogP contribution in [0.25, 0.3) is 0 Å². The predicted octanol–water partition coefficient (Wildman–Crippen LogP) is 4.81. The second-order valence-electron chi connectivity index (χ2n) is 5.52. The third-order valence-electron chi connectivity index (χ3n) is 3.92. The van der Waals surface area contributed by atoms with Gasteiger partial charge < -0.3 is 0 Å². The van der Waals surface area contributed by atoms with Crippen molar-refractivity contribution >= 4 is 23.2 Å². The van der Waals surface area contributed by atoms with E-state index in [2.05, 4.69) is 43.2 Å². The Balaban J connectivity index is 2.18. The van der Waals surface area contributed by atoms with E-state index < -0.39 is 0 Å². The Morgan fingerprint density at radius 3 is 2.52 bits per heavy atom. The fourth-order valence-corrected chi connectivity index (χ4v) is 3.10. The largest absolute Gasteiger partial charge is 0.268 e. The number of benzene rings is 1. The summed E-state index contributed by atoms with van der Waals surface area (Å²) in [5.74, 6) is 0.991. The van der Waals surface area contributed by atoms with E-state index >= 15 is 0 Å². The third-order valence-corrected chi connectivity index (χ3v) is 4.85. The van der Waals surface area contributed by atoms with E-state index in [-0.39, 0.29) is 0 Å². The summed E-state index contributed by atoms with van der Waals surface area (Å²) >= 11 is 12.6. The summed E-state index contributed by atoms with van der Waals surface area (Å²) < 4.78 is 2.00. The van der Waals surface area contributed by atoms with Crippen LogP contribution >= 0.6 is 23.2 Å². The first-order chi connectivity index (χ1) is 10.1. The number of halogens is 2. The molecule has 0 bridgehead atoms. The zero-order valence-corrected chi connectivity index (χ0v) is 14.4. The van der Waals surface area contributed by atoms with Crippen LogP contribution in [-0.4, -0.2) is 15.7 Å². The van der Waals surface area contributed by atoms with Gasteiger partial charge in [0.2, 0.25) is 0 Å². The standard InChI is InChI=1S/C17H22Cl2N2/c1-4-21-16(17(19)13(3)20-21)10-14(11-18)9-15-8-6-5-7-12(15)2/h5-8,14H,4,9-11H2,1-3H3. The van der Waals surface area contributed by atoms with Crippen LogP contribution in [0, 0.1) is 19.8 Å². The molecular formula is C17H22Cl2N2. The molecule has 2 nitrogen and oxygen atoms in total. The van der Waals surface area contributed by atoms with Gasteiger partial charge in [-0.1, -0.05) is 35.9 Å². The van der Waals surface area contributed by atoms with Crippen molar-refractivity contribution in [1.82, 2.24) is 9.78 Å². The Labute approximate surface area is 137 Å². The maximum absolute atomic E-state index is 6.40. The number of alkyl halides is 1. The van der Waals surface area contributed by atoms with E-state index in [0.29, 0.717) is 11.8 Å². The van der Waals surface area contributed by atoms with Crippen LogP contribution in [0.4, 0.5) is 0 Å². The summed E-state index contributed by atoms with van der Waals surface area (Å²) in [6.07, 6.45) is 1.84. The van der Waals surface area contributed by atoms with E-state index in [1.807, 2.05) is 11.6 Å². The molecule has 1 unspecified atom stereocenters. The summed E-state index contributed by atoms with van der Waals surface area (Å²) in [7, 11) is 0. The smallest absolute Gasteiger partial charge is 0.0847 e.